The number of fused-ring (bicyclic) bond motifs is 1. The first-order chi connectivity index (χ1) is 12.4. The minimum atomic E-state index is -1.33. The first-order valence-electron chi connectivity index (χ1n) is 7.71. The highest BCUT2D eigenvalue weighted by Crippen LogP contribution is 2.22. The summed E-state index contributed by atoms with van der Waals surface area (Å²) in [5.41, 5.74) is 0.977. The minimum absolute atomic E-state index is 0.0383. The fraction of sp³-hybridized carbons (Fsp3) is 0.105. The number of carbonyl (C=O) groups is 2. The van der Waals surface area contributed by atoms with Gasteiger partial charge < -0.3 is 24.4 Å². The van der Waals surface area contributed by atoms with E-state index < -0.39 is 17.5 Å². The summed E-state index contributed by atoms with van der Waals surface area (Å²) in [5, 5.41) is 14.1. The largest absolute Gasteiger partial charge is 0.545 e. The highest BCUT2D eigenvalue weighted by molar-refractivity contribution is 5.94. The van der Waals surface area contributed by atoms with Gasteiger partial charge in [0.05, 0.1) is 5.97 Å². The number of hydrogen-bond acceptors (Lipinski definition) is 6. The fourth-order valence-electron chi connectivity index (χ4n) is 2.46. The molecule has 0 bridgehead atoms. The molecule has 0 spiro atoms. The number of ether oxygens (including phenoxy) is 1. The van der Waals surface area contributed by atoms with Gasteiger partial charge in [-0.25, -0.2) is 4.79 Å². The molecule has 0 atom stereocenters. The molecule has 0 saturated carbocycles. The fourth-order valence-corrected chi connectivity index (χ4v) is 2.46. The van der Waals surface area contributed by atoms with Gasteiger partial charge >= 0.3 is 5.63 Å². The molecule has 0 fully saturated rings. The number of aryl methyl sites for hydroxylation is 1. The summed E-state index contributed by atoms with van der Waals surface area (Å²) in [6.45, 7) is 1.51. The molecular formula is C19H14NO6-. The topological polar surface area (TPSA) is 109 Å². The Bertz CT molecular complexity index is 1050. The average Bonchev–Trinajstić information content (AvgIpc) is 2.59. The number of benzene rings is 2. The molecule has 7 heteroatoms. The van der Waals surface area contributed by atoms with Crippen LogP contribution >= 0.6 is 0 Å². The molecule has 132 valence electrons. The summed E-state index contributed by atoms with van der Waals surface area (Å²) in [5.74, 6) is -1.43. The Morgan fingerprint density at radius 2 is 1.96 bits per heavy atom. The molecule has 3 rings (SSSR count). The predicted octanol–water partition coefficient (Wildman–Crippen LogP) is 1.48. The Labute approximate surface area is 147 Å². The molecule has 0 saturated heterocycles. The van der Waals surface area contributed by atoms with Crippen LogP contribution in [0.3, 0.4) is 0 Å². The van der Waals surface area contributed by atoms with E-state index in [1.54, 1.807) is 25.1 Å². The Kier molecular flexibility index (Phi) is 4.70. The van der Waals surface area contributed by atoms with Crippen molar-refractivity contribution in [3.8, 4) is 5.75 Å². The van der Waals surface area contributed by atoms with Crippen LogP contribution < -0.4 is 20.8 Å². The summed E-state index contributed by atoms with van der Waals surface area (Å²) in [6.07, 6.45) is 0. The highest BCUT2D eigenvalue weighted by atomic mass is 16.5. The van der Waals surface area contributed by atoms with Gasteiger partial charge in [-0.05, 0) is 42.3 Å². The van der Waals surface area contributed by atoms with Gasteiger partial charge in [-0.3, -0.25) is 4.79 Å². The second-order valence-corrected chi connectivity index (χ2v) is 5.61. The van der Waals surface area contributed by atoms with Crippen LogP contribution in [0.15, 0.2) is 57.7 Å². The van der Waals surface area contributed by atoms with E-state index in [0.29, 0.717) is 17.0 Å². The zero-order valence-corrected chi connectivity index (χ0v) is 13.8. The van der Waals surface area contributed by atoms with E-state index in [0.717, 1.165) is 10.9 Å². The molecule has 0 aliphatic carbocycles. The second kappa shape index (κ2) is 7.10. The van der Waals surface area contributed by atoms with Gasteiger partial charge in [-0.2, -0.15) is 0 Å². The molecule has 0 aliphatic rings. The molecule has 3 aromatic rings. The van der Waals surface area contributed by atoms with Crippen molar-refractivity contribution < 1.29 is 23.8 Å². The van der Waals surface area contributed by atoms with Crippen LogP contribution in [0, 0.1) is 6.92 Å². The molecule has 7 nitrogen and oxygen atoms in total. The Hall–Kier alpha value is -3.61. The van der Waals surface area contributed by atoms with Crippen LogP contribution in [-0.4, -0.2) is 18.5 Å². The van der Waals surface area contributed by atoms with Gasteiger partial charge in [0.1, 0.15) is 11.3 Å². The van der Waals surface area contributed by atoms with Crippen LogP contribution in [0.4, 0.5) is 5.69 Å². The van der Waals surface area contributed by atoms with Crippen LogP contribution in [0.25, 0.3) is 11.0 Å². The number of aromatic carboxylic acids is 1. The quantitative estimate of drug-likeness (QED) is 0.697. The van der Waals surface area contributed by atoms with Crippen LogP contribution in [0.5, 0.6) is 5.75 Å². The van der Waals surface area contributed by atoms with Gasteiger partial charge in [0, 0.05) is 23.2 Å². The lowest BCUT2D eigenvalue weighted by Gasteiger charge is -2.10. The predicted molar refractivity (Wildman–Crippen MR) is 92.1 cm³/mol. The maximum Gasteiger partial charge on any atom is 0.336 e. The molecule has 1 N–H and O–H groups in total. The lowest BCUT2D eigenvalue weighted by Crippen LogP contribution is -2.23. The molecule has 26 heavy (non-hydrogen) atoms. The Morgan fingerprint density at radius 3 is 2.73 bits per heavy atom. The monoisotopic (exact) mass is 352 g/mol. The number of amides is 1. The Balaban J connectivity index is 1.68. The first kappa shape index (κ1) is 17.2. The van der Waals surface area contributed by atoms with E-state index in [1.165, 1.54) is 30.3 Å². The number of carboxylic acids is 1. The van der Waals surface area contributed by atoms with E-state index in [9.17, 15) is 19.5 Å². The third-order valence-electron chi connectivity index (χ3n) is 3.67. The molecule has 0 unspecified atom stereocenters. The van der Waals surface area contributed by atoms with Crippen LogP contribution in [0.1, 0.15) is 15.9 Å². The van der Waals surface area contributed by atoms with E-state index >= 15 is 0 Å². The third kappa shape index (κ3) is 3.89. The molecule has 2 aromatic carbocycles. The van der Waals surface area contributed by atoms with Gasteiger partial charge in [-0.15, -0.1) is 0 Å². The van der Waals surface area contributed by atoms with Crippen LogP contribution in [0.2, 0.25) is 0 Å². The standard InChI is InChI=1S/C19H15NO6/c1-11-7-18(22)26-16-9-14(5-6-15(11)16)25-10-17(21)20-13-4-2-3-12(8-13)19(23)24/h2-9H,10H2,1H3,(H,20,21)(H,23,24)/p-1. The van der Waals surface area contributed by atoms with Gasteiger partial charge in [-0.1, -0.05) is 12.1 Å². The summed E-state index contributed by atoms with van der Waals surface area (Å²) >= 11 is 0. The van der Waals surface area contributed by atoms with Gasteiger partial charge in [0.15, 0.2) is 6.61 Å². The van der Waals surface area contributed by atoms with Crippen molar-refractivity contribution in [1.29, 1.82) is 0 Å². The number of hydrogen-bond donors (Lipinski definition) is 1. The number of carboxylic acid groups (broad SMARTS) is 1. The SMILES string of the molecule is Cc1cc(=O)oc2cc(OCC(=O)Nc3cccc(C(=O)[O-])c3)ccc12. The molecule has 1 heterocycles. The van der Waals surface area contributed by atoms with E-state index in [1.807, 2.05) is 0 Å². The first-order valence-corrected chi connectivity index (χ1v) is 7.71. The average molecular weight is 352 g/mol. The smallest absolute Gasteiger partial charge is 0.336 e. The number of rotatable bonds is 5. The second-order valence-electron chi connectivity index (χ2n) is 5.61. The van der Waals surface area contributed by atoms with Gasteiger partial charge in [0.25, 0.3) is 5.91 Å². The Morgan fingerprint density at radius 1 is 1.15 bits per heavy atom. The van der Waals surface area contributed by atoms with Crippen molar-refractivity contribution in [2.75, 3.05) is 11.9 Å². The van der Waals surface area contributed by atoms with E-state index in [-0.39, 0.29) is 12.2 Å². The molecule has 1 amide bonds. The van der Waals surface area contributed by atoms with Crippen molar-refractivity contribution in [2.24, 2.45) is 0 Å². The summed E-state index contributed by atoms with van der Waals surface area (Å²) in [6, 6.07) is 12.1. The molecule has 1 aromatic heterocycles. The maximum absolute atomic E-state index is 12.0. The highest BCUT2D eigenvalue weighted by Gasteiger charge is 2.07. The zero-order valence-electron chi connectivity index (χ0n) is 13.8. The van der Waals surface area contributed by atoms with Crippen molar-refractivity contribution >= 4 is 28.5 Å². The zero-order chi connectivity index (χ0) is 18.7. The number of anilines is 1. The number of carbonyl (C=O) groups excluding carboxylic acids is 2. The molecule has 0 radical (unpaired) electrons. The number of nitrogens with one attached hydrogen (secondary N) is 1. The molecule has 0 aliphatic heterocycles. The lowest BCUT2D eigenvalue weighted by atomic mass is 10.1. The van der Waals surface area contributed by atoms with Crippen LogP contribution in [-0.2, 0) is 4.79 Å². The van der Waals surface area contributed by atoms with Crippen molar-refractivity contribution in [3.05, 3.63) is 70.1 Å². The normalized spacial score (nSPS) is 10.5. The van der Waals surface area contributed by atoms with Gasteiger partial charge in [0.2, 0.25) is 0 Å². The lowest BCUT2D eigenvalue weighted by molar-refractivity contribution is -0.255. The van der Waals surface area contributed by atoms with E-state index in [2.05, 4.69) is 5.32 Å². The summed E-state index contributed by atoms with van der Waals surface area (Å²) < 4.78 is 10.5. The van der Waals surface area contributed by atoms with Crippen molar-refractivity contribution in [1.82, 2.24) is 0 Å². The third-order valence-corrected chi connectivity index (χ3v) is 3.67. The van der Waals surface area contributed by atoms with E-state index in [4.69, 9.17) is 9.15 Å². The molecular weight excluding hydrogens is 338 g/mol. The summed E-state index contributed by atoms with van der Waals surface area (Å²) in [7, 11) is 0. The summed E-state index contributed by atoms with van der Waals surface area (Å²) in [4.78, 5) is 34.2. The maximum atomic E-state index is 12.0. The van der Waals surface area contributed by atoms with Crippen molar-refractivity contribution in [3.63, 3.8) is 0 Å². The van der Waals surface area contributed by atoms with Crippen molar-refractivity contribution in [2.45, 2.75) is 6.92 Å². The minimum Gasteiger partial charge on any atom is -0.545 e.